The van der Waals surface area contributed by atoms with Crippen molar-refractivity contribution < 1.29 is 9.53 Å². The van der Waals surface area contributed by atoms with Crippen LogP contribution < -0.4 is 4.74 Å². The minimum atomic E-state index is -0.0908. The highest BCUT2D eigenvalue weighted by Gasteiger charge is 2.17. The predicted molar refractivity (Wildman–Crippen MR) is 92.5 cm³/mol. The molecule has 0 bridgehead atoms. The maximum absolute atomic E-state index is 12.5. The van der Waals surface area contributed by atoms with Crippen LogP contribution in [-0.2, 0) is 0 Å². The molecule has 0 aliphatic carbocycles. The van der Waals surface area contributed by atoms with Gasteiger partial charge in [0.25, 0.3) is 0 Å². The van der Waals surface area contributed by atoms with Gasteiger partial charge in [-0.25, -0.2) is 0 Å². The van der Waals surface area contributed by atoms with Gasteiger partial charge in [-0.05, 0) is 24.8 Å². The highest BCUT2D eigenvalue weighted by Crippen LogP contribution is 2.16. The van der Waals surface area contributed by atoms with Gasteiger partial charge in [0.15, 0.2) is 5.78 Å². The zero-order valence-electron chi connectivity index (χ0n) is 13.7. The van der Waals surface area contributed by atoms with Crippen molar-refractivity contribution in [3.05, 3.63) is 66.8 Å². The van der Waals surface area contributed by atoms with Gasteiger partial charge < -0.3 is 9.64 Å². The number of ketones is 1. The molecule has 1 aromatic carbocycles. The van der Waals surface area contributed by atoms with Crippen molar-refractivity contribution in [3.8, 4) is 5.75 Å². The number of rotatable bonds is 9. The average Bonchev–Trinajstić information content (AvgIpc) is 2.53. The third kappa shape index (κ3) is 5.34. The van der Waals surface area contributed by atoms with Crippen LogP contribution in [0.15, 0.2) is 61.2 Å². The van der Waals surface area contributed by atoms with E-state index in [0.717, 1.165) is 12.1 Å². The second kappa shape index (κ2) is 9.00. The summed E-state index contributed by atoms with van der Waals surface area (Å²) in [6, 6.07) is 7.29. The Hall–Kier alpha value is -2.13. The average molecular weight is 299 g/mol. The second-order valence-corrected chi connectivity index (χ2v) is 5.38. The molecule has 3 heteroatoms. The molecule has 0 unspecified atom stereocenters. The minimum absolute atomic E-state index is 0.0908. The van der Waals surface area contributed by atoms with Crippen LogP contribution in [-0.4, -0.2) is 37.9 Å². The number of carbonyl (C=O) groups is 1. The SMILES string of the molecule is C=C/C=C(\C=C)CN(C)C[C@H](C)C(=O)c1cccc(OC)c1. The Bertz CT molecular complexity index is 560. The Labute approximate surface area is 133 Å². The molecule has 1 rings (SSSR count). The van der Waals surface area contributed by atoms with Crippen LogP contribution in [0, 0.1) is 5.92 Å². The van der Waals surface area contributed by atoms with Gasteiger partial charge in [-0.3, -0.25) is 4.79 Å². The fourth-order valence-electron chi connectivity index (χ4n) is 2.32. The Morgan fingerprint density at radius 1 is 1.41 bits per heavy atom. The second-order valence-electron chi connectivity index (χ2n) is 5.38. The van der Waals surface area contributed by atoms with E-state index in [1.807, 2.05) is 44.3 Å². The van der Waals surface area contributed by atoms with E-state index >= 15 is 0 Å². The topological polar surface area (TPSA) is 29.5 Å². The van der Waals surface area contributed by atoms with Crippen LogP contribution in [0.3, 0.4) is 0 Å². The molecule has 0 fully saturated rings. The zero-order chi connectivity index (χ0) is 16.5. The van der Waals surface area contributed by atoms with E-state index < -0.39 is 0 Å². The first-order chi connectivity index (χ1) is 10.5. The highest BCUT2D eigenvalue weighted by atomic mass is 16.5. The third-order valence-corrected chi connectivity index (χ3v) is 3.43. The van der Waals surface area contributed by atoms with Crippen LogP contribution in [0.1, 0.15) is 17.3 Å². The van der Waals surface area contributed by atoms with E-state index in [1.54, 1.807) is 19.3 Å². The molecule has 0 aliphatic rings. The first-order valence-electron chi connectivity index (χ1n) is 7.32. The fourth-order valence-corrected chi connectivity index (χ4v) is 2.32. The summed E-state index contributed by atoms with van der Waals surface area (Å²) in [5.41, 5.74) is 1.77. The van der Waals surface area contributed by atoms with Gasteiger partial charge in [0.1, 0.15) is 5.75 Å². The van der Waals surface area contributed by atoms with Crippen molar-refractivity contribution in [3.63, 3.8) is 0 Å². The lowest BCUT2D eigenvalue weighted by atomic mass is 9.98. The number of ether oxygens (including phenoxy) is 1. The first-order valence-corrected chi connectivity index (χ1v) is 7.32. The van der Waals surface area contributed by atoms with Crippen molar-refractivity contribution in [1.29, 1.82) is 0 Å². The smallest absolute Gasteiger partial charge is 0.167 e. The van der Waals surface area contributed by atoms with Crippen molar-refractivity contribution >= 4 is 5.78 Å². The molecular formula is C19H25NO2. The van der Waals surface area contributed by atoms with Gasteiger partial charge in [-0.1, -0.05) is 50.4 Å². The van der Waals surface area contributed by atoms with Crippen LogP contribution in [0.25, 0.3) is 0 Å². The molecule has 1 atom stereocenters. The number of benzene rings is 1. The summed E-state index contributed by atoms with van der Waals surface area (Å²) in [7, 11) is 3.60. The van der Waals surface area contributed by atoms with Gasteiger partial charge in [0, 0.05) is 24.6 Å². The first kappa shape index (κ1) is 17.9. The molecule has 0 amide bonds. The van der Waals surface area contributed by atoms with Gasteiger partial charge in [0.2, 0.25) is 0 Å². The summed E-state index contributed by atoms with van der Waals surface area (Å²) < 4.78 is 5.17. The lowest BCUT2D eigenvalue weighted by Gasteiger charge is -2.21. The molecule has 0 heterocycles. The van der Waals surface area contributed by atoms with E-state index in [9.17, 15) is 4.79 Å². The highest BCUT2D eigenvalue weighted by molar-refractivity contribution is 5.98. The maximum Gasteiger partial charge on any atom is 0.167 e. The number of hydrogen-bond donors (Lipinski definition) is 0. The normalized spacial score (nSPS) is 12.8. The molecule has 0 saturated heterocycles. The lowest BCUT2D eigenvalue weighted by Crippen LogP contribution is -2.30. The van der Waals surface area contributed by atoms with Gasteiger partial charge in [0.05, 0.1) is 7.11 Å². The number of carbonyl (C=O) groups excluding carboxylic acids is 1. The number of likely N-dealkylation sites (N-methyl/N-ethyl adjacent to an activating group) is 1. The molecule has 0 saturated carbocycles. The molecule has 0 radical (unpaired) electrons. The maximum atomic E-state index is 12.5. The summed E-state index contributed by atoms with van der Waals surface area (Å²) >= 11 is 0. The lowest BCUT2D eigenvalue weighted by molar-refractivity contribution is 0.0905. The molecule has 1 aromatic rings. The Morgan fingerprint density at radius 2 is 2.14 bits per heavy atom. The Morgan fingerprint density at radius 3 is 2.73 bits per heavy atom. The van der Waals surface area contributed by atoms with Crippen molar-refractivity contribution in [2.45, 2.75) is 6.92 Å². The van der Waals surface area contributed by atoms with Crippen molar-refractivity contribution in [2.75, 3.05) is 27.2 Å². The third-order valence-electron chi connectivity index (χ3n) is 3.43. The molecule has 0 N–H and O–H groups in total. The van der Waals surface area contributed by atoms with Crippen molar-refractivity contribution in [1.82, 2.24) is 4.90 Å². The minimum Gasteiger partial charge on any atom is -0.497 e. The van der Waals surface area contributed by atoms with Crippen LogP contribution in [0.5, 0.6) is 5.75 Å². The number of Topliss-reactive ketones (excluding diaryl/α,β-unsaturated/α-hetero) is 1. The summed E-state index contributed by atoms with van der Waals surface area (Å²) in [6.07, 6.45) is 5.49. The summed E-state index contributed by atoms with van der Waals surface area (Å²) in [5.74, 6) is 0.736. The molecule has 3 nitrogen and oxygen atoms in total. The fraction of sp³-hybridized carbons (Fsp3) is 0.316. The van der Waals surface area contributed by atoms with E-state index in [1.165, 1.54) is 0 Å². The van der Waals surface area contributed by atoms with Gasteiger partial charge in [-0.15, -0.1) is 0 Å². The molecule has 0 spiro atoms. The number of hydrogen-bond acceptors (Lipinski definition) is 3. The Kier molecular flexibility index (Phi) is 7.33. The van der Waals surface area contributed by atoms with Crippen LogP contribution in [0.2, 0.25) is 0 Å². The molecule has 22 heavy (non-hydrogen) atoms. The standard InChI is InChI=1S/C19H25NO2/c1-6-9-16(7-2)14-20(4)13-15(3)19(21)17-10-8-11-18(12-17)22-5/h6-12,15H,1-2,13-14H2,3-5H3/b16-9+/t15-/m0/s1. The van der Waals surface area contributed by atoms with Gasteiger partial charge >= 0.3 is 0 Å². The quantitative estimate of drug-likeness (QED) is 0.514. The number of nitrogens with zero attached hydrogens (tertiary/aromatic N) is 1. The van der Waals surface area contributed by atoms with Crippen molar-refractivity contribution in [2.24, 2.45) is 5.92 Å². The van der Waals surface area contributed by atoms with Crippen LogP contribution in [0.4, 0.5) is 0 Å². The van der Waals surface area contributed by atoms with E-state index in [2.05, 4.69) is 18.1 Å². The zero-order valence-corrected chi connectivity index (χ0v) is 13.7. The van der Waals surface area contributed by atoms with E-state index in [0.29, 0.717) is 17.9 Å². The van der Waals surface area contributed by atoms with Gasteiger partial charge in [-0.2, -0.15) is 0 Å². The molecule has 0 aliphatic heterocycles. The summed E-state index contributed by atoms with van der Waals surface area (Å²) in [5, 5.41) is 0. The summed E-state index contributed by atoms with van der Waals surface area (Å²) in [4.78, 5) is 14.6. The molecule has 0 aromatic heterocycles. The number of allylic oxidation sites excluding steroid dienone is 2. The monoisotopic (exact) mass is 299 g/mol. The van der Waals surface area contributed by atoms with E-state index in [4.69, 9.17) is 4.74 Å². The van der Waals surface area contributed by atoms with E-state index in [-0.39, 0.29) is 11.7 Å². The number of methoxy groups -OCH3 is 1. The molecule has 118 valence electrons. The Balaban J connectivity index is 2.68. The largest absolute Gasteiger partial charge is 0.497 e. The molecular weight excluding hydrogens is 274 g/mol. The summed E-state index contributed by atoms with van der Waals surface area (Å²) in [6.45, 7) is 10.9. The predicted octanol–water partition coefficient (Wildman–Crippen LogP) is 3.74. The van der Waals surface area contributed by atoms with Crippen LogP contribution >= 0.6 is 0 Å².